The first-order valence-electron chi connectivity index (χ1n) is 4.46. The molecule has 1 amide bonds. The molecule has 0 unspecified atom stereocenters. The standard InChI is InChI=1S/C10H11F3N2O/c1-5-3-6(10(11,12)13)4-7(9(14)16)8(5)15-2/h3-4,15H,1-2H3,(H2,14,16). The number of rotatable bonds is 2. The molecule has 0 bridgehead atoms. The van der Waals surface area contributed by atoms with Gasteiger partial charge in [0.1, 0.15) is 0 Å². The molecule has 0 saturated heterocycles. The van der Waals surface area contributed by atoms with Crippen molar-refractivity contribution in [2.45, 2.75) is 13.1 Å². The maximum atomic E-state index is 12.5. The molecule has 1 aromatic carbocycles. The first-order valence-corrected chi connectivity index (χ1v) is 4.46. The van der Waals surface area contributed by atoms with Gasteiger partial charge in [0.15, 0.2) is 0 Å². The summed E-state index contributed by atoms with van der Waals surface area (Å²) in [6, 6.07) is 1.72. The van der Waals surface area contributed by atoms with E-state index in [1.165, 1.54) is 14.0 Å². The number of alkyl halides is 3. The Kier molecular flexibility index (Phi) is 3.11. The smallest absolute Gasteiger partial charge is 0.387 e. The van der Waals surface area contributed by atoms with E-state index in [0.717, 1.165) is 12.1 Å². The number of benzene rings is 1. The van der Waals surface area contributed by atoms with Gasteiger partial charge < -0.3 is 11.1 Å². The van der Waals surface area contributed by atoms with Crippen LogP contribution in [0.3, 0.4) is 0 Å². The van der Waals surface area contributed by atoms with E-state index in [-0.39, 0.29) is 5.56 Å². The van der Waals surface area contributed by atoms with Crippen LogP contribution in [0.4, 0.5) is 18.9 Å². The van der Waals surface area contributed by atoms with Crippen molar-refractivity contribution in [1.29, 1.82) is 0 Å². The van der Waals surface area contributed by atoms with Crippen molar-refractivity contribution >= 4 is 11.6 Å². The summed E-state index contributed by atoms with van der Waals surface area (Å²) < 4.78 is 37.4. The average molecular weight is 232 g/mol. The molecule has 3 nitrogen and oxygen atoms in total. The number of nitrogens with two attached hydrogens (primary N) is 1. The summed E-state index contributed by atoms with van der Waals surface area (Å²) in [5.74, 6) is -0.890. The second kappa shape index (κ2) is 4.03. The van der Waals surface area contributed by atoms with Crippen LogP contribution in [-0.4, -0.2) is 13.0 Å². The van der Waals surface area contributed by atoms with Gasteiger partial charge in [-0.15, -0.1) is 0 Å². The molecule has 0 fully saturated rings. The molecule has 88 valence electrons. The highest BCUT2D eigenvalue weighted by Crippen LogP contribution is 2.33. The number of hydrogen-bond donors (Lipinski definition) is 2. The van der Waals surface area contributed by atoms with Gasteiger partial charge in [0.05, 0.1) is 11.1 Å². The SMILES string of the molecule is CNc1c(C)cc(C(F)(F)F)cc1C(N)=O. The number of anilines is 1. The summed E-state index contributed by atoms with van der Waals surface area (Å²) in [7, 11) is 1.52. The van der Waals surface area contributed by atoms with Crippen molar-refractivity contribution < 1.29 is 18.0 Å². The van der Waals surface area contributed by atoms with Crippen LogP contribution in [0.2, 0.25) is 0 Å². The highest BCUT2D eigenvalue weighted by molar-refractivity contribution is 5.99. The summed E-state index contributed by atoms with van der Waals surface area (Å²) in [5, 5.41) is 2.66. The van der Waals surface area contributed by atoms with Gasteiger partial charge in [-0.1, -0.05) is 0 Å². The van der Waals surface area contributed by atoms with E-state index in [2.05, 4.69) is 5.32 Å². The Morgan fingerprint density at radius 3 is 2.31 bits per heavy atom. The van der Waals surface area contributed by atoms with Gasteiger partial charge in [0, 0.05) is 12.7 Å². The maximum absolute atomic E-state index is 12.5. The molecule has 0 aliphatic carbocycles. The van der Waals surface area contributed by atoms with Crippen LogP contribution >= 0.6 is 0 Å². The van der Waals surface area contributed by atoms with Gasteiger partial charge in [-0.2, -0.15) is 13.2 Å². The number of carbonyl (C=O) groups excluding carboxylic acids is 1. The number of carbonyl (C=O) groups is 1. The summed E-state index contributed by atoms with van der Waals surface area (Å²) in [6.07, 6.45) is -4.48. The summed E-state index contributed by atoms with van der Waals surface area (Å²) in [6.45, 7) is 1.48. The van der Waals surface area contributed by atoms with Gasteiger partial charge in [-0.3, -0.25) is 4.79 Å². The molecule has 6 heteroatoms. The molecule has 0 radical (unpaired) electrons. The minimum atomic E-state index is -4.48. The molecule has 1 rings (SSSR count). The average Bonchev–Trinajstić information content (AvgIpc) is 2.14. The lowest BCUT2D eigenvalue weighted by Gasteiger charge is -2.14. The van der Waals surface area contributed by atoms with E-state index >= 15 is 0 Å². The van der Waals surface area contributed by atoms with Crippen molar-refractivity contribution in [1.82, 2.24) is 0 Å². The third-order valence-corrected chi connectivity index (χ3v) is 2.18. The molecule has 0 saturated carbocycles. The summed E-state index contributed by atoms with van der Waals surface area (Å²) in [5.41, 5.74) is 4.64. The van der Waals surface area contributed by atoms with E-state index < -0.39 is 17.6 Å². The summed E-state index contributed by atoms with van der Waals surface area (Å²) in [4.78, 5) is 11.0. The van der Waals surface area contributed by atoms with Crippen LogP contribution in [-0.2, 0) is 6.18 Å². The van der Waals surface area contributed by atoms with E-state index in [0.29, 0.717) is 11.3 Å². The zero-order valence-electron chi connectivity index (χ0n) is 8.77. The second-order valence-electron chi connectivity index (χ2n) is 3.33. The molecular weight excluding hydrogens is 221 g/mol. The van der Waals surface area contributed by atoms with Crippen molar-refractivity contribution in [2.75, 3.05) is 12.4 Å². The van der Waals surface area contributed by atoms with Crippen molar-refractivity contribution in [3.8, 4) is 0 Å². The normalized spacial score (nSPS) is 11.3. The molecule has 0 heterocycles. The van der Waals surface area contributed by atoms with Crippen LogP contribution in [0.15, 0.2) is 12.1 Å². The highest BCUT2D eigenvalue weighted by Gasteiger charge is 2.32. The molecule has 0 aromatic heterocycles. The quantitative estimate of drug-likeness (QED) is 0.820. The highest BCUT2D eigenvalue weighted by atomic mass is 19.4. The first kappa shape index (κ1) is 12.4. The number of primary amides is 1. The number of halogens is 3. The van der Waals surface area contributed by atoms with Crippen LogP contribution in [0.5, 0.6) is 0 Å². The molecule has 0 spiro atoms. The monoisotopic (exact) mass is 232 g/mol. The Morgan fingerprint density at radius 1 is 1.38 bits per heavy atom. The van der Waals surface area contributed by atoms with E-state index in [4.69, 9.17) is 5.73 Å². The van der Waals surface area contributed by atoms with Gasteiger partial charge in [0.25, 0.3) is 5.91 Å². The van der Waals surface area contributed by atoms with Crippen molar-refractivity contribution in [3.63, 3.8) is 0 Å². The molecule has 0 aliphatic heterocycles. The van der Waals surface area contributed by atoms with Crippen LogP contribution in [0.25, 0.3) is 0 Å². The lowest BCUT2D eigenvalue weighted by Crippen LogP contribution is -2.16. The largest absolute Gasteiger partial charge is 0.416 e. The van der Waals surface area contributed by atoms with Crippen molar-refractivity contribution in [3.05, 3.63) is 28.8 Å². The van der Waals surface area contributed by atoms with Gasteiger partial charge in [-0.25, -0.2) is 0 Å². The van der Waals surface area contributed by atoms with E-state index in [1.54, 1.807) is 0 Å². The molecule has 16 heavy (non-hydrogen) atoms. The fourth-order valence-electron chi connectivity index (χ4n) is 1.48. The Labute approximate surface area is 90.4 Å². The lowest BCUT2D eigenvalue weighted by atomic mass is 10.0. The molecule has 0 atom stereocenters. The van der Waals surface area contributed by atoms with E-state index in [1.807, 2.05) is 0 Å². The summed E-state index contributed by atoms with van der Waals surface area (Å²) >= 11 is 0. The Morgan fingerprint density at radius 2 is 1.94 bits per heavy atom. The third-order valence-electron chi connectivity index (χ3n) is 2.18. The topological polar surface area (TPSA) is 55.1 Å². The van der Waals surface area contributed by atoms with E-state index in [9.17, 15) is 18.0 Å². The second-order valence-corrected chi connectivity index (χ2v) is 3.33. The van der Waals surface area contributed by atoms with Gasteiger partial charge in [-0.05, 0) is 24.6 Å². The predicted octanol–water partition coefficient (Wildman–Crippen LogP) is 2.15. The van der Waals surface area contributed by atoms with Crippen LogP contribution < -0.4 is 11.1 Å². The molecule has 1 aromatic rings. The van der Waals surface area contributed by atoms with Gasteiger partial charge in [0.2, 0.25) is 0 Å². The first-order chi connectivity index (χ1) is 7.27. The molecule has 0 aliphatic rings. The minimum Gasteiger partial charge on any atom is -0.387 e. The van der Waals surface area contributed by atoms with Crippen molar-refractivity contribution in [2.24, 2.45) is 5.73 Å². The fourth-order valence-corrected chi connectivity index (χ4v) is 1.48. The number of hydrogen-bond acceptors (Lipinski definition) is 2. The zero-order chi connectivity index (χ0) is 12.5. The maximum Gasteiger partial charge on any atom is 0.416 e. The van der Waals surface area contributed by atoms with Gasteiger partial charge >= 0.3 is 6.18 Å². The third kappa shape index (κ3) is 2.26. The Bertz CT molecular complexity index is 427. The number of aryl methyl sites for hydroxylation is 1. The Balaban J connectivity index is 3.46. The predicted molar refractivity (Wildman–Crippen MR) is 54.2 cm³/mol. The minimum absolute atomic E-state index is 0.158. The fraction of sp³-hybridized carbons (Fsp3) is 0.300. The lowest BCUT2D eigenvalue weighted by molar-refractivity contribution is -0.137. The molecule has 3 N–H and O–H groups in total. The number of amides is 1. The zero-order valence-corrected chi connectivity index (χ0v) is 8.77. The number of nitrogens with one attached hydrogen (secondary N) is 1. The van der Waals surface area contributed by atoms with Crippen LogP contribution in [0, 0.1) is 6.92 Å². The Hall–Kier alpha value is -1.72. The van der Waals surface area contributed by atoms with Crippen LogP contribution in [0.1, 0.15) is 21.5 Å². The molecular formula is C10H11F3N2O.